The Morgan fingerprint density at radius 1 is 1.24 bits per heavy atom. The molecule has 0 aliphatic heterocycles. The van der Waals surface area contributed by atoms with Gasteiger partial charge in [0.1, 0.15) is 5.75 Å². The third-order valence-corrected chi connectivity index (χ3v) is 2.79. The molecule has 0 atom stereocenters. The third kappa shape index (κ3) is 1.62. The Hall–Kier alpha value is -2.07. The summed E-state index contributed by atoms with van der Waals surface area (Å²) in [7, 11) is 0. The number of halogens is 1. The molecule has 1 aromatic carbocycles. The maximum Gasteiger partial charge on any atom is 0.155 e. The SMILES string of the molecule is Oc1ccc(Cl)cc1-c1cnc2cnccn12. The first-order valence-corrected chi connectivity index (χ1v) is 5.39. The van der Waals surface area contributed by atoms with Crippen molar-refractivity contribution in [2.45, 2.75) is 0 Å². The molecule has 17 heavy (non-hydrogen) atoms. The van der Waals surface area contributed by atoms with Crippen LogP contribution in [0.5, 0.6) is 5.75 Å². The standard InChI is InChI=1S/C12H8ClN3O/c13-8-1-2-11(17)9(5-8)10-6-15-12-7-14-3-4-16(10)12/h1-7,17H. The molecular weight excluding hydrogens is 238 g/mol. The monoisotopic (exact) mass is 245 g/mol. The van der Waals surface area contributed by atoms with Crippen LogP contribution < -0.4 is 0 Å². The Labute approximate surface area is 102 Å². The predicted octanol–water partition coefficient (Wildman–Crippen LogP) is 2.76. The maximum absolute atomic E-state index is 9.85. The average Bonchev–Trinajstić information content (AvgIpc) is 2.76. The molecule has 2 aromatic heterocycles. The smallest absolute Gasteiger partial charge is 0.155 e. The van der Waals surface area contributed by atoms with Gasteiger partial charge in [0, 0.05) is 23.0 Å². The number of rotatable bonds is 1. The van der Waals surface area contributed by atoms with Gasteiger partial charge in [-0.15, -0.1) is 0 Å². The highest BCUT2D eigenvalue weighted by Gasteiger charge is 2.10. The van der Waals surface area contributed by atoms with E-state index in [0.29, 0.717) is 10.6 Å². The van der Waals surface area contributed by atoms with Crippen LogP contribution in [0.3, 0.4) is 0 Å². The zero-order chi connectivity index (χ0) is 11.8. The summed E-state index contributed by atoms with van der Waals surface area (Å²) in [4.78, 5) is 8.20. The Morgan fingerprint density at radius 2 is 2.12 bits per heavy atom. The van der Waals surface area contributed by atoms with Crippen molar-refractivity contribution in [1.82, 2.24) is 14.4 Å². The van der Waals surface area contributed by atoms with Crippen LogP contribution in [0.25, 0.3) is 16.9 Å². The summed E-state index contributed by atoms with van der Waals surface area (Å²) in [5.41, 5.74) is 2.15. The number of phenols is 1. The quantitative estimate of drug-likeness (QED) is 0.717. The molecule has 0 aliphatic rings. The molecule has 0 saturated carbocycles. The largest absolute Gasteiger partial charge is 0.507 e. The van der Waals surface area contributed by atoms with E-state index < -0.39 is 0 Å². The zero-order valence-electron chi connectivity index (χ0n) is 8.71. The van der Waals surface area contributed by atoms with E-state index in [-0.39, 0.29) is 5.75 Å². The number of phenolic OH excluding ortho intramolecular Hbond substituents is 1. The highest BCUT2D eigenvalue weighted by molar-refractivity contribution is 6.30. The summed E-state index contributed by atoms with van der Waals surface area (Å²) in [5, 5.41) is 10.4. The second-order valence-electron chi connectivity index (χ2n) is 3.61. The van der Waals surface area contributed by atoms with Crippen LogP contribution >= 0.6 is 11.6 Å². The molecule has 2 heterocycles. The van der Waals surface area contributed by atoms with Crippen LogP contribution in [0, 0.1) is 0 Å². The van der Waals surface area contributed by atoms with Gasteiger partial charge >= 0.3 is 0 Å². The number of fused-ring (bicyclic) bond motifs is 1. The van der Waals surface area contributed by atoms with Crippen molar-refractivity contribution < 1.29 is 5.11 Å². The molecule has 0 fully saturated rings. The molecule has 0 aliphatic carbocycles. The highest BCUT2D eigenvalue weighted by Crippen LogP contribution is 2.31. The third-order valence-electron chi connectivity index (χ3n) is 2.55. The van der Waals surface area contributed by atoms with Crippen LogP contribution in [0.2, 0.25) is 5.02 Å². The number of hydrogen-bond acceptors (Lipinski definition) is 3. The molecule has 0 bridgehead atoms. The van der Waals surface area contributed by atoms with E-state index in [1.165, 1.54) is 0 Å². The minimum atomic E-state index is 0.174. The van der Waals surface area contributed by atoms with Gasteiger partial charge in [-0.2, -0.15) is 0 Å². The van der Waals surface area contributed by atoms with Gasteiger partial charge in [0.15, 0.2) is 5.65 Å². The van der Waals surface area contributed by atoms with Crippen molar-refractivity contribution in [2.24, 2.45) is 0 Å². The minimum absolute atomic E-state index is 0.174. The summed E-state index contributed by atoms with van der Waals surface area (Å²) < 4.78 is 1.85. The normalized spacial score (nSPS) is 10.9. The lowest BCUT2D eigenvalue weighted by Gasteiger charge is -2.04. The molecule has 0 unspecified atom stereocenters. The second kappa shape index (κ2) is 3.75. The van der Waals surface area contributed by atoms with E-state index in [2.05, 4.69) is 9.97 Å². The Kier molecular flexibility index (Phi) is 2.23. The molecule has 0 amide bonds. The fourth-order valence-corrected chi connectivity index (χ4v) is 1.93. The van der Waals surface area contributed by atoms with Crippen molar-refractivity contribution >= 4 is 17.2 Å². The van der Waals surface area contributed by atoms with Crippen molar-refractivity contribution in [1.29, 1.82) is 0 Å². The van der Waals surface area contributed by atoms with E-state index in [9.17, 15) is 5.11 Å². The Balaban J connectivity index is 2.31. The van der Waals surface area contributed by atoms with Gasteiger partial charge in [0.2, 0.25) is 0 Å². The highest BCUT2D eigenvalue weighted by atomic mass is 35.5. The van der Waals surface area contributed by atoms with Crippen molar-refractivity contribution in [2.75, 3.05) is 0 Å². The van der Waals surface area contributed by atoms with E-state index in [1.807, 2.05) is 4.40 Å². The van der Waals surface area contributed by atoms with Crippen LogP contribution in [0.15, 0.2) is 43.0 Å². The van der Waals surface area contributed by atoms with Crippen molar-refractivity contribution in [3.8, 4) is 17.0 Å². The summed E-state index contributed by atoms with van der Waals surface area (Å²) in [6.07, 6.45) is 6.80. The lowest BCUT2D eigenvalue weighted by Crippen LogP contribution is -1.88. The van der Waals surface area contributed by atoms with Gasteiger partial charge in [0.05, 0.1) is 18.1 Å². The van der Waals surface area contributed by atoms with E-state index in [0.717, 1.165) is 11.3 Å². The first-order valence-electron chi connectivity index (χ1n) is 5.01. The van der Waals surface area contributed by atoms with Gasteiger partial charge in [-0.1, -0.05) is 11.6 Å². The molecule has 4 nitrogen and oxygen atoms in total. The fraction of sp³-hybridized carbons (Fsp3) is 0. The van der Waals surface area contributed by atoms with Gasteiger partial charge in [0.25, 0.3) is 0 Å². The van der Waals surface area contributed by atoms with Crippen molar-refractivity contribution in [3.05, 3.63) is 48.0 Å². The lowest BCUT2D eigenvalue weighted by atomic mass is 10.1. The molecular formula is C12H8ClN3O. The van der Waals surface area contributed by atoms with Crippen LogP contribution in [0.4, 0.5) is 0 Å². The zero-order valence-corrected chi connectivity index (χ0v) is 9.46. The summed E-state index contributed by atoms with van der Waals surface area (Å²) >= 11 is 5.93. The minimum Gasteiger partial charge on any atom is -0.507 e. The topological polar surface area (TPSA) is 50.4 Å². The summed E-state index contributed by atoms with van der Waals surface area (Å²) in [6.45, 7) is 0. The maximum atomic E-state index is 9.85. The second-order valence-corrected chi connectivity index (χ2v) is 4.05. The molecule has 84 valence electrons. The van der Waals surface area contributed by atoms with E-state index >= 15 is 0 Å². The van der Waals surface area contributed by atoms with Crippen LogP contribution in [-0.4, -0.2) is 19.5 Å². The molecule has 5 heteroatoms. The first-order chi connectivity index (χ1) is 8.25. The average molecular weight is 246 g/mol. The Morgan fingerprint density at radius 3 is 3.00 bits per heavy atom. The molecule has 0 spiro atoms. The number of benzene rings is 1. The van der Waals surface area contributed by atoms with E-state index in [4.69, 9.17) is 11.6 Å². The molecule has 3 rings (SSSR count). The number of aromatic nitrogens is 3. The van der Waals surface area contributed by atoms with Gasteiger partial charge < -0.3 is 5.11 Å². The molecule has 0 radical (unpaired) electrons. The van der Waals surface area contributed by atoms with Gasteiger partial charge in [-0.05, 0) is 18.2 Å². The molecule has 3 aromatic rings. The van der Waals surface area contributed by atoms with Crippen molar-refractivity contribution in [3.63, 3.8) is 0 Å². The Bertz CT molecular complexity index is 693. The predicted molar refractivity (Wildman–Crippen MR) is 65.1 cm³/mol. The van der Waals surface area contributed by atoms with Crippen LogP contribution in [0.1, 0.15) is 0 Å². The number of aromatic hydroxyl groups is 1. The van der Waals surface area contributed by atoms with Crippen LogP contribution in [-0.2, 0) is 0 Å². The summed E-state index contributed by atoms with van der Waals surface area (Å²) in [5.74, 6) is 0.174. The summed E-state index contributed by atoms with van der Waals surface area (Å²) in [6, 6.07) is 4.92. The van der Waals surface area contributed by atoms with Gasteiger partial charge in [-0.25, -0.2) is 4.98 Å². The first kappa shape index (κ1) is 10.1. The molecule has 0 saturated heterocycles. The molecule has 1 N–H and O–H groups in total. The number of nitrogens with zero attached hydrogens (tertiary/aromatic N) is 3. The van der Waals surface area contributed by atoms with E-state index in [1.54, 1.807) is 43.0 Å². The van der Waals surface area contributed by atoms with Gasteiger partial charge in [-0.3, -0.25) is 9.38 Å². The number of imidazole rings is 1. The fourth-order valence-electron chi connectivity index (χ4n) is 1.75. The lowest BCUT2D eigenvalue weighted by molar-refractivity contribution is 0.477. The number of hydrogen-bond donors (Lipinski definition) is 1.